The third kappa shape index (κ3) is 3.46. The van der Waals surface area contributed by atoms with Crippen LogP contribution in [0.15, 0.2) is 0 Å². The van der Waals surface area contributed by atoms with Gasteiger partial charge in [0.25, 0.3) is 5.91 Å². The van der Waals surface area contributed by atoms with E-state index in [1.165, 1.54) is 0 Å². The largest absolute Gasteiger partial charge is 0.306 e. The van der Waals surface area contributed by atoms with E-state index in [1.54, 1.807) is 13.8 Å². The number of amides is 1. The number of rotatable bonds is 3. The molecule has 0 aromatic carbocycles. The van der Waals surface area contributed by atoms with E-state index in [1.807, 2.05) is 0 Å². The molecule has 1 saturated heterocycles. The van der Waals surface area contributed by atoms with E-state index in [9.17, 15) is 13.2 Å². The SMILES string of the molecule is CC(C)S(=O)(=O)NC(=O)C1CCCCN1. The normalized spacial score (nSPS) is 22.7. The second kappa shape index (κ2) is 4.94. The second-order valence-corrected chi connectivity index (χ2v) is 6.30. The van der Waals surface area contributed by atoms with Crippen LogP contribution in [0, 0.1) is 0 Å². The van der Waals surface area contributed by atoms with Gasteiger partial charge in [-0.15, -0.1) is 0 Å². The summed E-state index contributed by atoms with van der Waals surface area (Å²) in [6, 6.07) is -0.354. The molecule has 0 saturated carbocycles. The summed E-state index contributed by atoms with van der Waals surface area (Å²) in [5, 5.41) is 2.43. The van der Waals surface area contributed by atoms with Crippen molar-refractivity contribution < 1.29 is 13.2 Å². The van der Waals surface area contributed by atoms with E-state index < -0.39 is 21.2 Å². The average molecular weight is 234 g/mol. The molecular formula is C9H18N2O3S. The Balaban J connectivity index is 2.55. The van der Waals surface area contributed by atoms with E-state index in [0.717, 1.165) is 19.4 Å². The van der Waals surface area contributed by atoms with Gasteiger partial charge in [-0.1, -0.05) is 6.42 Å². The first-order chi connectivity index (χ1) is 6.93. The van der Waals surface area contributed by atoms with Crippen molar-refractivity contribution >= 4 is 15.9 Å². The molecule has 6 heteroatoms. The Labute approximate surface area is 90.7 Å². The number of sulfonamides is 1. The highest BCUT2D eigenvalue weighted by Gasteiger charge is 2.26. The van der Waals surface area contributed by atoms with Crippen LogP contribution in [0.3, 0.4) is 0 Å². The fourth-order valence-corrected chi connectivity index (χ4v) is 2.06. The Kier molecular flexibility index (Phi) is 4.10. The maximum Gasteiger partial charge on any atom is 0.250 e. The van der Waals surface area contributed by atoms with Crippen molar-refractivity contribution in [2.24, 2.45) is 0 Å². The lowest BCUT2D eigenvalue weighted by molar-refractivity contribution is -0.121. The van der Waals surface area contributed by atoms with Crippen LogP contribution in [-0.4, -0.2) is 32.2 Å². The van der Waals surface area contributed by atoms with Gasteiger partial charge >= 0.3 is 0 Å². The van der Waals surface area contributed by atoms with Crippen molar-refractivity contribution in [2.75, 3.05) is 6.54 Å². The molecule has 0 radical (unpaired) electrons. The Hall–Kier alpha value is -0.620. The lowest BCUT2D eigenvalue weighted by atomic mass is 10.1. The van der Waals surface area contributed by atoms with Crippen molar-refractivity contribution in [3.63, 3.8) is 0 Å². The van der Waals surface area contributed by atoms with Crippen LogP contribution in [0.25, 0.3) is 0 Å². The van der Waals surface area contributed by atoms with Crippen LogP contribution < -0.4 is 10.0 Å². The third-order valence-electron chi connectivity index (χ3n) is 2.49. The standard InChI is InChI=1S/C9H18N2O3S/c1-7(2)15(13,14)11-9(12)8-5-3-4-6-10-8/h7-8,10H,3-6H2,1-2H3,(H,11,12). The molecule has 1 aliphatic rings. The third-order valence-corrected chi connectivity index (χ3v) is 4.22. The van der Waals surface area contributed by atoms with E-state index in [4.69, 9.17) is 0 Å². The van der Waals surface area contributed by atoms with Crippen LogP contribution in [-0.2, 0) is 14.8 Å². The molecule has 1 aliphatic heterocycles. The van der Waals surface area contributed by atoms with Crippen molar-refractivity contribution in [1.29, 1.82) is 0 Å². The quantitative estimate of drug-likeness (QED) is 0.720. The van der Waals surface area contributed by atoms with Gasteiger partial charge in [0.15, 0.2) is 0 Å². The molecule has 1 unspecified atom stereocenters. The summed E-state index contributed by atoms with van der Waals surface area (Å²) in [7, 11) is -3.49. The zero-order valence-corrected chi connectivity index (χ0v) is 9.93. The summed E-state index contributed by atoms with van der Waals surface area (Å²) in [6.45, 7) is 3.87. The van der Waals surface area contributed by atoms with Gasteiger partial charge < -0.3 is 5.32 Å². The van der Waals surface area contributed by atoms with Crippen LogP contribution in [0.4, 0.5) is 0 Å². The minimum atomic E-state index is -3.49. The molecule has 1 rings (SSSR count). The van der Waals surface area contributed by atoms with Crippen molar-refractivity contribution in [3.05, 3.63) is 0 Å². The molecule has 1 atom stereocenters. The van der Waals surface area contributed by atoms with Crippen LogP contribution in [0.1, 0.15) is 33.1 Å². The molecule has 5 nitrogen and oxygen atoms in total. The summed E-state index contributed by atoms with van der Waals surface area (Å²) in [4.78, 5) is 11.6. The number of hydrogen-bond acceptors (Lipinski definition) is 4. The molecule has 0 aliphatic carbocycles. The number of piperidine rings is 1. The average Bonchev–Trinajstić information content (AvgIpc) is 2.18. The number of carbonyl (C=O) groups is 1. The summed E-state index contributed by atoms with van der Waals surface area (Å²) in [5.41, 5.74) is 0. The predicted molar refractivity (Wildman–Crippen MR) is 57.8 cm³/mol. The maximum atomic E-state index is 11.6. The Morgan fingerprint density at radius 3 is 2.53 bits per heavy atom. The molecule has 1 heterocycles. The van der Waals surface area contributed by atoms with Gasteiger partial charge in [-0.3, -0.25) is 9.52 Å². The highest BCUT2D eigenvalue weighted by molar-refractivity contribution is 7.90. The maximum absolute atomic E-state index is 11.6. The van der Waals surface area contributed by atoms with E-state index in [-0.39, 0.29) is 6.04 Å². The molecule has 1 amide bonds. The first kappa shape index (κ1) is 12.4. The molecule has 0 bridgehead atoms. The lowest BCUT2D eigenvalue weighted by Crippen LogP contribution is -2.49. The Morgan fingerprint density at radius 1 is 1.40 bits per heavy atom. The Morgan fingerprint density at radius 2 is 2.07 bits per heavy atom. The smallest absolute Gasteiger partial charge is 0.250 e. The van der Waals surface area contributed by atoms with E-state index >= 15 is 0 Å². The van der Waals surface area contributed by atoms with Gasteiger partial charge in [0.05, 0.1) is 11.3 Å². The minimum absolute atomic E-state index is 0.354. The predicted octanol–water partition coefficient (Wildman–Crippen LogP) is -0.0171. The zero-order chi connectivity index (χ0) is 11.5. The summed E-state index contributed by atoms with van der Waals surface area (Å²) in [6.07, 6.45) is 2.72. The molecular weight excluding hydrogens is 216 g/mol. The van der Waals surface area contributed by atoms with Gasteiger partial charge in [-0.05, 0) is 33.2 Å². The van der Waals surface area contributed by atoms with Crippen molar-refractivity contribution in [3.8, 4) is 0 Å². The molecule has 0 aromatic rings. The summed E-state index contributed by atoms with van der Waals surface area (Å²) in [5.74, 6) is -0.427. The van der Waals surface area contributed by atoms with Gasteiger partial charge in [-0.25, -0.2) is 8.42 Å². The lowest BCUT2D eigenvalue weighted by Gasteiger charge is -2.22. The van der Waals surface area contributed by atoms with Crippen molar-refractivity contribution in [2.45, 2.75) is 44.4 Å². The van der Waals surface area contributed by atoms with Crippen LogP contribution >= 0.6 is 0 Å². The molecule has 0 spiro atoms. The van der Waals surface area contributed by atoms with Gasteiger partial charge in [0.1, 0.15) is 0 Å². The van der Waals surface area contributed by atoms with Gasteiger partial charge in [-0.2, -0.15) is 0 Å². The topological polar surface area (TPSA) is 75.3 Å². The fourth-order valence-electron chi connectivity index (χ4n) is 1.40. The highest BCUT2D eigenvalue weighted by Crippen LogP contribution is 2.07. The van der Waals surface area contributed by atoms with E-state index in [2.05, 4.69) is 10.0 Å². The monoisotopic (exact) mass is 234 g/mol. The van der Waals surface area contributed by atoms with Crippen LogP contribution in [0.2, 0.25) is 0 Å². The highest BCUT2D eigenvalue weighted by atomic mass is 32.2. The molecule has 2 N–H and O–H groups in total. The zero-order valence-electron chi connectivity index (χ0n) is 9.12. The Bertz CT molecular complexity index is 318. The summed E-state index contributed by atoms with van der Waals surface area (Å²) < 4.78 is 24.9. The first-order valence-corrected chi connectivity index (χ1v) is 6.77. The molecule has 88 valence electrons. The number of carbonyl (C=O) groups excluding carboxylic acids is 1. The minimum Gasteiger partial charge on any atom is -0.306 e. The van der Waals surface area contributed by atoms with Crippen molar-refractivity contribution in [1.82, 2.24) is 10.0 Å². The second-order valence-electron chi connectivity index (χ2n) is 4.06. The fraction of sp³-hybridized carbons (Fsp3) is 0.889. The molecule has 1 fully saturated rings. The molecule has 15 heavy (non-hydrogen) atoms. The summed E-state index contributed by atoms with van der Waals surface area (Å²) >= 11 is 0. The van der Waals surface area contributed by atoms with Gasteiger partial charge in [0, 0.05) is 0 Å². The van der Waals surface area contributed by atoms with Gasteiger partial charge in [0.2, 0.25) is 10.0 Å². The number of hydrogen-bond donors (Lipinski definition) is 2. The van der Waals surface area contributed by atoms with Crippen LogP contribution in [0.5, 0.6) is 0 Å². The number of nitrogens with one attached hydrogen (secondary N) is 2. The first-order valence-electron chi connectivity index (χ1n) is 5.22. The molecule has 0 aromatic heterocycles. The van der Waals surface area contributed by atoms with E-state index in [0.29, 0.717) is 6.42 Å².